The van der Waals surface area contributed by atoms with Crippen LogP contribution in [0.25, 0.3) is 11.1 Å². The van der Waals surface area contributed by atoms with Gasteiger partial charge >= 0.3 is 6.09 Å². The number of amides is 1. The minimum Gasteiger partial charge on any atom is -0.491 e. The highest BCUT2D eigenvalue weighted by atomic mass is 16.5. The van der Waals surface area contributed by atoms with Crippen molar-refractivity contribution in [1.82, 2.24) is 9.80 Å². The van der Waals surface area contributed by atoms with Gasteiger partial charge in [0.15, 0.2) is 0 Å². The van der Waals surface area contributed by atoms with Gasteiger partial charge in [0.05, 0.1) is 18.2 Å². The fourth-order valence-electron chi connectivity index (χ4n) is 6.96. The van der Waals surface area contributed by atoms with E-state index in [1.54, 1.807) is 0 Å². The summed E-state index contributed by atoms with van der Waals surface area (Å²) in [5, 5.41) is 10.5. The van der Waals surface area contributed by atoms with Crippen LogP contribution >= 0.6 is 0 Å². The number of rotatable bonds is 5. The van der Waals surface area contributed by atoms with E-state index in [9.17, 15) is 9.90 Å². The molecule has 2 aromatic carbocycles. The molecule has 1 spiro atoms. The third kappa shape index (κ3) is 3.78. The minimum atomic E-state index is -0.731. The highest BCUT2D eigenvalue weighted by Gasteiger charge is 2.57. The highest BCUT2D eigenvalue weighted by Crippen LogP contribution is 2.63. The van der Waals surface area contributed by atoms with Crippen molar-refractivity contribution in [3.63, 3.8) is 0 Å². The Morgan fingerprint density at radius 1 is 1.09 bits per heavy atom. The van der Waals surface area contributed by atoms with Gasteiger partial charge in [-0.2, -0.15) is 0 Å². The molecule has 5 nitrogen and oxygen atoms in total. The Bertz CT molecular complexity index is 1080. The molecule has 180 valence electrons. The number of aryl methyl sites for hydroxylation is 1. The van der Waals surface area contributed by atoms with Crippen LogP contribution in [-0.2, 0) is 6.42 Å². The van der Waals surface area contributed by atoms with Gasteiger partial charge < -0.3 is 14.7 Å². The lowest BCUT2D eigenvalue weighted by atomic mass is 9.73. The molecule has 7 rings (SSSR count). The van der Waals surface area contributed by atoms with E-state index in [0.29, 0.717) is 5.92 Å². The number of hydrogen-bond donors (Lipinski definition) is 1. The van der Waals surface area contributed by atoms with Gasteiger partial charge in [0, 0.05) is 6.54 Å². The lowest BCUT2D eigenvalue weighted by Gasteiger charge is -2.52. The standard InChI is InChI=1S/C29H36N2O3/c1-19(2)34-24-5-3-4-21(17-24)22-6-7-25-23(16-22)8-11-29(12-13-29)27(25)31(28(32)33)26-18-30-14-9-20(26)10-15-30/h3-7,16-17,19-20,26-27H,8-15,18H2,1-2H3,(H,32,33)/t26-,27?/m1/s1. The summed E-state index contributed by atoms with van der Waals surface area (Å²) < 4.78 is 5.91. The summed E-state index contributed by atoms with van der Waals surface area (Å²) in [6.45, 7) is 7.25. The second kappa shape index (κ2) is 8.30. The summed E-state index contributed by atoms with van der Waals surface area (Å²) in [6, 6.07) is 15.2. The van der Waals surface area contributed by atoms with Crippen LogP contribution in [0, 0.1) is 11.3 Å². The van der Waals surface area contributed by atoms with Gasteiger partial charge in [-0.1, -0.05) is 30.3 Å². The first-order valence-corrected chi connectivity index (χ1v) is 13.1. The zero-order chi connectivity index (χ0) is 23.4. The topological polar surface area (TPSA) is 53.0 Å². The lowest BCUT2D eigenvalue weighted by molar-refractivity contribution is -0.0243. The molecule has 1 saturated carbocycles. The molecule has 2 aliphatic carbocycles. The zero-order valence-electron chi connectivity index (χ0n) is 20.4. The molecule has 34 heavy (non-hydrogen) atoms. The fraction of sp³-hybridized carbons (Fsp3) is 0.552. The Morgan fingerprint density at radius 2 is 1.85 bits per heavy atom. The second-order valence-electron chi connectivity index (χ2n) is 11.3. The summed E-state index contributed by atoms with van der Waals surface area (Å²) in [4.78, 5) is 17.2. The summed E-state index contributed by atoms with van der Waals surface area (Å²) in [5.41, 5.74) is 5.05. The van der Waals surface area contributed by atoms with Crippen LogP contribution in [0.2, 0.25) is 0 Å². The zero-order valence-corrected chi connectivity index (χ0v) is 20.4. The fourth-order valence-corrected chi connectivity index (χ4v) is 6.96. The van der Waals surface area contributed by atoms with E-state index < -0.39 is 6.09 Å². The van der Waals surface area contributed by atoms with E-state index in [4.69, 9.17) is 4.74 Å². The molecule has 2 bridgehead atoms. The first-order chi connectivity index (χ1) is 16.4. The van der Waals surface area contributed by atoms with E-state index in [0.717, 1.165) is 69.5 Å². The van der Waals surface area contributed by atoms with E-state index in [1.807, 2.05) is 30.9 Å². The number of piperidine rings is 3. The summed E-state index contributed by atoms with van der Waals surface area (Å²) in [6.07, 6.45) is 6.11. The normalized spacial score (nSPS) is 28.6. The smallest absolute Gasteiger partial charge is 0.408 e. The molecule has 5 aliphatic rings. The maximum atomic E-state index is 12.8. The quantitative estimate of drug-likeness (QED) is 0.596. The number of benzene rings is 2. The molecule has 1 amide bonds. The number of ether oxygens (including phenoxy) is 1. The number of nitrogens with zero attached hydrogens (tertiary/aromatic N) is 2. The van der Waals surface area contributed by atoms with Crippen molar-refractivity contribution in [1.29, 1.82) is 0 Å². The van der Waals surface area contributed by atoms with Crippen LogP contribution in [-0.4, -0.2) is 52.8 Å². The van der Waals surface area contributed by atoms with Crippen LogP contribution in [0.15, 0.2) is 42.5 Å². The number of fused-ring (bicyclic) bond motifs is 4. The molecule has 1 N–H and O–H groups in total. The highest BCUT2D eigenvalue weighted by molar-refractivity contribution is 5.69. The Balaban J connectivity index is 1.36. The lowest BCUT2D eigenvalue weighted by Crippen LogP contribution is -2.60. The monoisotopic (exact) mass is 460 g/mol. The average molecular weight is 461 g/mol. The molecule has 2 atom stereocenters. The predicted octanol–water partition coefficient (Wildman–Crippen LogP) is 5.98. The van der Waals surface area contributed by atoms with E-state index in [-0.39, 0.29) is 23.6 Å². The Labute approximate surface area is 202 Å². The van der Waals surface area contributed by atoms with Gasteiger partial charge in [-0.3, -0.25) is 4.90 Å². The molecule has 5 heteroatoms. The van der Waals surface area contributed by atoms with Crippen LogP contribution < -0.4 is 4.74 Å². The van der Waals surface area contributed by atoms with Crippen molar-refractivity contribution in [2.45, 2.75) is 70.6 Å². The van der Waals surface area contributed by atoms with Crippen molar-refractivity contribution < 1.29 is 14.6 Å². The van der Waals surface area contributed by atoms with E-state index in [1.165, 1.54) is 16.7 Å². The molecule has 3 aliphatic heterocycles. The maximum Gasteiger partial charge on any atom is 0.408 e. The Hall–Kier alpha value is -2.53. The number of carboxylic acid groups (broad SMARTS) is 1. The van der Waals surface area contributed by atoms with Crippen molar-refractivity contribution in [2.24, 2.45) is 11.3 Å². The number of carbonyl (C=O) groups is 1. The Morgan fingerprint density at radius 3 is 2.50 bits per heavy atom. The molecule has 3 saturated heterocycles. The molecule has 2 aromatic rings. The summed E-state index contributed by atoms with van der Waals surface area (Å²) in [5.74, 6) is 1.39. The molecule has 3 heterocycles. The third-order valence-electron chi connectivity index (χ3n) is 8.82. The molecule has 1 unspecified atom stereocenters. The van der Waals surface area contributed by atoms with E-state index >= 15 is 0 Å². The minimum absolute atomic E-state index is 0.0102. The van der Waals surface area contributed by atoms with Crippen molar-refractivity contribution in [2.75, 3.05) is 19.6 Å². The van der Waals surface area contributed by atoms with Gasteiger partial charge in [-0.25, -0.2) is 4.79 Å². The second-order valence-corrected chi connectivity index (χ2v) is 11.3. The van der Waals surface area contributed by atoms with Crippen LogP contribution in [0.4, 0.5) is 4.79 Å². The molecule has 0 radical (unpaired) electrons. The average Bonchev–Trinajstić information content (AvgIpc) is 3.61. The van der Waals surface area contributed by atoms with Gasteiger partial charge in [0.2, 0.25) is 0 Å². The van der Waals surface area contributed by atoms with Crippen molar-refractivity contribution in [3.8, 4) is 16.9 Å². The predicted molar refractivity (Wildman–Crippen MR) is 133 cm³/mol. The molecule has 4 fully saturated rings. The van der Waals surface area contributed by atoms with Gasteiger partial charge in [0.1, 0.15) is 5.75 Å². The SMILES string of the molecule is CC(C)Oc1cccc(-c2ccc3c(c2)CCC2(CC2)C3N(C(=O)O)[C@@H]2CN3CCC2CC3)c1. The van der Waals surface area contributed by atoms with Gasteiger partial charge in [-0.15, -0.1) is 0 Å². The van der Waals surface area contributed by atoms with Gasteiger partial charge in [0.25, 0.3) is 0 Å². The van der Waals surface area contributed by atoms with Crippen molar-refractivity contribution in [3.05, 3.63) is 53.6 Å². The van der Waals surface area contributed by atoms with Gasteiger partial charge in [-0.05, 0) is 111 Å². The van der Waals surface area contributed by atoms with Crippen LogP contribution in [0.3, 0.4) is 0 Å². The van der Waals surface area contributed by atoms with E-state index in [2.05, 4.69) is 35.2 Å². The third-order valence-corrected chi connectivity index (χ3v) is 8.82. The van der Waals surface area contributed by atoms with Crippen molar-refractivity contribution >= 4 is 6.09 Å². The number of hydrogen-bond acceptors (Lipinski definition) is 3. The first kappa shape index (κ1) is 22.0. The summed E-state index contributed by atoms with van der Waals surface area (Å²) >= 11 is 0. The maximum absolute atomic E-state index is 12.8. The van der Waals surface area contributed by atoms with Crippen LogP contribution in [0.5, 0.6) is 5.75 Å². The molecular formula is C29H36N2O3. The molecule has 0 aromatic heterocycles. The summed E-state index contributed by atoms with van der Waals surface area (Å²) in [7, 11) is 0. The van der Waals surface area contributed by atoms with Crippen LogP contribution in [0.1, 0.15) is 63.1 Å². The molecular weight excluding hydrogens is 424 g/mol. The Kier molecular flexibility index (Phi) is 5.36. The largest absolute Gasteiger partial charge is 0.491 e. The first-order valence-electron chi connectivity index (χ1n) is 13.1.